The molecule has 0 aliphatic heterocycles. The van der Waals surface area contributed by atoms with Crippen molar-refractivity contribution in [2.45, 2.75) is 4.90 Å². The molecule has 1 nitrogen and oxygen atoms in total. The lowest BCUT2D eigenvalue weighted by molar-refractivity contribution is -0.673. The van der Waals surface area contributed by atoms with Gasteiger partial charge in [0.2, 0.25) is 0 Å². The van der Waals surface area contributed by atoms with Crippen LogP contribution in [0.5, 0.6) is 0 Å². The summed E-state index contributed by atoms with van der Waals surface area (Å²) in [5, 5.41) is 0. The van der Waals surface area contributed by atoms with E-state index in [0.717, 1.165) is 4.90 Å². The first-order chi connectivity index (χ1) is 3.79. The van der Waals surface area contributed by atoms with E-state index >= 15 is 0 Å². The molecule has 42 valence electrons. The molecule has 0 radical (unpaired) electrons. The van der Waals surface area contributed by atoms with E-state index < -0.39 is 0 Å². The number of aromatic nitrogens is 1. The number of pyridine rings is 1. The Labute approximate surface area is 54.4 Å². The van der Waals surface area contributed by atoms with Gasteiger partial charge in [-0.1, -0.05) is 6.07 Å². The predicted molar refractivity (Wildman–Crippen MR) is 33.2 cm³/mol. The summed E-state index contributed by atoms with van der Waals surface area (Å²) in [5.74, 6) is 0. The number of aryl methyl sites for hydroxylation is 1. The van der Waals surface area contributed by atoms with Crippen molar-refractivity contribution in [1.29, 1.82) is 0 Å². The van der Waals surface area contributed by atoms with Crippen molar-refractivity contribution in [3.8, 4) is 0 Å². The first-order valence-electron chi connectivity index (χ1n) is 2.41. The van der Waals surface area contributed by atoms with Crippen LogP contribution in [0.25, 0.3) is 0 Å². The zero-order valence-electron chi connectivity index (χ0n) is 4.66. The largest absolute Gasteiger partial charge is 0.774 e. The van der Waals surface area contributed by atoms with E-state index in [1.165, 1.54) is 0 Å². The Morgan fingerprint density at radius 1 is 1.62 bits per heavy atom. The summed E-state index contributed by atoms with van der Waals surface area (Å²) in [6.45, 7) is 0. The number of hydrogen-bond donors (Lipinski definition) is 0. The molecule has 0 saturated carbocycles. The van der Waals surface area contributed by atoms with Gasteiger partial charge in [0, 0.05) is 6.07 Å². The van der Waals surface area contributed by atoms with Gasteiger partial charge in [-0.2, -0.15) is 0 Å². The maximum atomic E-state index is 4.88. The Bertz CT molecular complexity index is 168. The first-order valence-corrected chi connectivity index (χ1v) is 2.82. The fourth-order valence-electron chi connectivity index (χ4n) is 0.560. The molecular formula is C6H7NS. The third-order valence-electron chi connectivity index (χ3n) is 0.913. The summed E-state index contributed by atoms with van der Waals surface area (Å²) in [6.07, 6.45) is 3.85. The molecule has 0 amide bonds. The summed E-state index contributed by atoms with van der Waals surface area (Å²) in [4.78, 5) is 0.884. The maximum Gasteiger partial charge on any atom is 0.168 e. The molecule has 2 heteroatoms. The van der Waals surface area contributed by atoms with Gasteiger partial charge in [-0.25, -0.2) is 4.57 Å². The van der Waals surface area contributed by atoms with E-state index in [4.69, 9.17) is 12.6 Å². The standard InChI is InChI=1S/C6H7NS/c1-7-4-2-3-6(8)5-7/h2-5H,1H3. The summed E-state index contributed by atoms with van der Waals surface area (Å²) in [6, 6.07) is 3.83. The highest BCUT2D eigenvalue weighted by Crippen LogP contribution is 1.87. The highest BCUT2D eigenvalue weighted by atomic mass is 32.1. The average Bonchev–Trinajstić information content (AvgIpc) is 1.64. The van der Waals surface area contributed by atoms with Crippen molar-refractivity contribution in [2.75, 3.05) is 0 Å². The van der Waals surface area contributed by atoms with E-state index in [0.29, 0.717) is 0 Å². The van der Waals surface area contributed by atoms with Crippen molar-refractivity contribution < 1.29 is 4.57 Å². The van der Waals surface area contributed by atoms with Gasteiger partial charge in [0.25, 0.3) is 0 Å². The zero-order valence-corrected chi connectivity index (χ0v) is 5.48. The number of nitrogens with zero attached hydrogens (tertiary/aromatic N) is 1. The summed E-state index contributed by atoms with van der Waals surface area (Å²) < 4.78 is 1.93. The molecule has 0 fully saturated rings. The fraction of sp³-hybridized carbons (Fsp3) is 0.167. The van der Waals surface area contributed by atoms with Crippen LogP contribution in [-0.2, 0) is 19.7 Å². The molecule has 0 N–H and O–H groups in total. The smallest absolute Gasteiger partial charge is 0.168 e. The van der Waals surface area contributed by atoms with Crippen LogP contribution in [0.2, 0.25) is 0 Å². The quantitative estimate of drug-likeness (QED) is 0.359. The molecule has 8 heavy (non-hydrogen) atoms. The molecule has 0 aliphatic carbocycles. The molecule has 0 aromatic carbocycles. The molecule has 0 spiro atoms. The third-order valence-corrected chi connectivity index (χ3v) is 1.15. The minimum absolute atomic E-state index is 0.884. The SMILES string of the molecule is C[n+]1cccc([S-])c1. The molecule has 1 heterocycles. The van der Waals surface area contributed by atoms with Gasteiger partial charge in [0.15, 0.2) is 6.20 Å². The Kier molecular flexibility index (Phi) is 1.44. The lowest BCUT2D eigenvalue weighted by Gasteiger charge is -1.97. The number of rotatable bonds is 0. The van der Waals surface area contributed by atoms with Crippen LogP contribution in [0, 0.1) is 0 Å². The van der Waals surface area contributed by atoms with Gasteiger partial charge in [-0.15, -0.1) is 4.90 Å². The molecule has 0 unspecified atom stereocenters. The van der Waals surface area contributed by atoms with E-state index in [9.17, 15) is 0 Å². The maximum absolute atomic E-state index is 4.88. The predicted octanol–water partition coefficient (Wildman–Crippen LogP) is 0.417. The first kappa shape index (κ1) is 5.51. The van der Waals surface area contributed by atoms with Crippen molar-refractivity contribution in [3.63, 3.8) is 0 Å². The van der Waals surface area contributed by atoms with Crippen molar-refractivity contribution >= 4 is 12.6 Å². The van der Waals surface area contributed by atoms with Crippen LogP contribution in [0.15, 0.2) is 29.4 Å². The summed E-state index contributed by atoms with van der Waals surface area (Å²) >= 11 is 4.88. The molecule has 1 aromatic heterocycles. The van der Waals surface area contributed by atoms with Crippen molar-refractivity contribution in [2.24, 2.45) is 7.05 Å². The molecule has 1 rings (SSSR count). The minimum atomic E-state index is 0.884. The Hall–Kier alpha value is -0.630. The molecule has 0 bridgehead atoms. The second-order valence-corrected chi connectivity index (χ2v) is 2.18. The van der Waals surface area contributed by atoms with Crippen LogP contribution in [0.4, 0.5) is 0 Å². The van der Waals surface area contributed by atoms with Gasteiger partial charge in [-0.3, -0.25) is 0 Å². The van der Waals surface area contributed by atoms with Crippen LogP contribution in [0.1, 0.15) is 0 Å². The van der Waals surface area contributed by atoms with Gasteiger partial charge >= 0.3 is 0 Å². The molecule has 0 saturated heterocycles. The highest BCUT2D eigenvalue weighted by molar-refractivity contribution is 7.58. The van der Waals surface area contributed by atoms with Gasteiger partial charge in [0.1, 0.15) is 13.2 Å². The Morgan fingerprint density at radius 3 is 2.75 bits per heavy atom. The van der Waals surface area contributed by atoms with E-state index in [-0.39, 0.29) is 0 Å². The average molecular weight is 125 g/mol. The van der Waals surface area contributed by atoms with E-state index in [1.807, 2.05) is 36.1 Å². The Morgan fingerprint density at radius 2 is 2.38 bits per heavy atom. The van der Waals surface area contributed by atoms with Crippen LogP contribution in [0.3, 0.4) is 0 Å². The second kappa shape index (κ2) is 2.09. The molecule has 1 aromatic rings. The van der Waals surface area contributed by atoms with Crippen molar-refractivity contribution in [1.82, 2.24) is 0 Å². The van der Waals surface area contributed by atoms with Gasteiger partial charge in [0.05, 0.1) is 0 Å². The monoisotopic (exact) mass is 125 g/mol. The minimum Gasteiger partial charge on any atom is -0.774 e. The van der Waals surface area contributed by atoms with Crippen LogP contribution < -0.4 is 4.57 Å². The zero-order chi connectivity index (χ0) is 5.98. The number of hydrogen-bond acceptors (Lipinski definition) is 1. The Balaban J connectivity index is 3.08. The molecule has 0 aliphatic rings. The lowest BCUT2D eigenvalue weighted by Crippen LogP contribution is -2.26. The van der Waals surface area contributed by atoms with Gasteiger partial charge < -0.3 is 12.6 Å². The van der Waals surface area contributed by atoms with E-state index in [2.05, 4.69) is 0 Å². The molecular weight excluding hydrogens is 118 g/mol. The summed E-state index contributed by atoms with van der Waals surface area (Å²) in [7, 11) is 1.95. The van der Waals surface area contributed by atoms with Crippen LogP contribution in [-0.4, -0.2) is 0 Å². The lowest BCUT2D eigenvalue weighted by atomic mass is 10.5. The normalized spacial score (nSPS) is 9.12. The third kappa shape index (κ3) is 1.17. The fourth-order valence-corrected chi connectivity index (χ4v) is 0.805. The second-order valence-electron chi connectivity index (χ2n) is 1.71. The molecule has 0 atom stereocenters. The topological polar surface area (TPSA) is 3.88 Å². The van der Waals surface area contributed by atoms with Gasteiger partial charge in [-0.05, 0) is 0 Å². The summed E-state index contributed by atoms with van der Waals surface area (Å²) in [5.41, 5.74) is 0. The van der Waals surface area contributed by atoms with Crippen molar-refractivity contribution in [3.05, 3.63) is 24.5 Å². The van der Waals surface area contributed by atoms with Crippen LogP contribution >= 0.6 is 0 Å². The van der Waals surface area contributed by atoms with E-state index in [1.54, 1.807) is 0 Å². The highest BCUT2D eigenvalue weighted by Gasteiger charge is 1.81.